The molecule has 0 bridgehead atoms. The van der Waals surface area contributed by atoms with Gasteiger partial charge in [-0.3, -0.25) is 0 Å². The van der Waals surface area contributed by atoms with Crippen LogP contribution in [0.4, 0.5) is 4.79 Å². The summed E-state index contributed by atoms with van der Waals surface area (Å²) < 4.78 is 17.4. The minimum absolute atomic E-state index is 0.120. The smallest absolute Gasteiger partial charge is 0.408 e. The number of rotatable bonds is 4. The summed E-state index contributed by atoms with van der Waals surface area (Å²) >= 11 is 0. The van der Waals surface area contributed by atoms with Crippen molar-refractivity contribution in [2.45, 2.75) is 72.0 Å². The van der Waals surface area contributed by atoms with Gasteiger partial charge in [-0.15, -0.1) is 0 Å². The fourth-order valence-corrected chi connectivity index (χ4v) is 2.93. The lowest BCUT2D eigenvalue weighted by Crippen LogP contribution is -2.52. The van der Waals surface area contributed by atoms with E-state index >= 15 is 0 Å². The van der Waals surface area contributed by atoms with Crippen LogP contribution in [-0.2, 0) is 20.8 Å². The Bertz CT molecular complexity index is 559. The van der Waals surface area contributed by atoms with E-state index in [4.69, 9.17) is 14.2 Å². The summed E-state index contributed by atoms with van der Waals surface area (Å²) in [5.41, 5.74) is 0.434. The highest BCUT2D eigenvalue weighted by molar-refractivity contribution is 5.68. The summed E-state index contributed by atoms with van der Waals surface area (Å²) in [6.45, 7) is 12.8. The van der Waals surface area contributed by atoms with Gasteiger partial charge in [0.15, 0.2) is 0 Å². The van der Waals surface area contributed by atoms with Gasteiger partial charge in [0.05, 0.1) is 25.4 Å². The van der Waals surface area contributed by atoms with Crippen molar-refractivity contribution < 1.29 is 19.0 Å². The number of alkyl carbamates (subject to hydrolysis) is 1. The molecule has 0 aliphatic carbocycles. The van der Waals surface area contributed by atoms with Gasteiger partial charge in [0.2, 0.25) is 0 Å². The maximum atomic E-state index is 12.3. The van der Waals surface area contributed by atoms with Gasteiger partial charge >= 0.3 is 6.09 Å². The number of hydrogen-bond donors (Lipinski definition) is 1. The Morgan fingerprint density at radius 2 is 1.80 bits per heavy atom. The maximum absolute atomic E-state index is 12.3. The SMILES string of the molecule is CC(C)(C)OC(=O)N[C@H]1C(C(C)(C)C)OC[C@H]1OCc1ccccc1. The lowest BCUT2D eigenvalue weighted by Gasteiger charge is -2.33. The van der Waals surface area contributed by atoms with Crippen molar-refractivity contribution in [3.63, 3.8) is 0 Å². The molecule has 1 aliphatic heterocycles. The molecule has 1 saturated heterocycles. The standard InChI is InChI=1S/C20H31NO4/c1-19(2,3)17-16(21-18(22)25-20(4,5)6)15(13-24-17)23-12-14-10-8-7-9-11-14/h7-11,15-17H,12-13H2,1-6H3,(H,21,22)/t15-,16-,17?/m1/s1. The van der Waals surface area contributed by atoms with E-state index in [1.165, 1.54) is 0 Å². The largest absolute Gasteiger partial charge is 0.444 e. The average Bonchev–Trinajstić information content (AvgIpc) is 2.87. The maximum Gasteiger partial charge on any atom is 0.408 e. The zero-order valence-corrected chi connectivity index (χ0v) is 16.2. The Morgan fingerprint density at radius 3 is 2.36 bits per heavy atom. The van der Waals surface area contributed by atoms with E-state index in [0.29, 0.717) is 13.2 Å². The minimum atomic E-state index is -0.541. The molecular formula is C20H31NO4. The van der Waals surface area contributed by atoms with Gasteiger partial charge in [-0.05, 0) is 31.7 Å². The van der Waals surface area contributed by atoms with Gasteiger partial charge in [0.25, 0.3) is 0 Å². The van der Waals surface area contributed by atoms with Crippen molar-refractivity contribution in [3.05, 3.63) is 35.9 Å². The molecule has 1 aromatic carbocycles. The third-order valence-electron chi connectivity index (χ3n) is 4.01. The monoisotopic (exact) mass is 349 g/mol. The molecule has 5 heteroatoms. The predicted molar refractivity (Wildman–Crippen MR) is 97.4 cm³/mol. The number of benzene rings is 1. The Morgan fingerprint density at radius 1 is 1.16 bits per heavy atom. The average molecular weight is 349 g/mol. The van der Waals surface area contributed by atoms with Gasteiger partial charge in [-0.2, -0.15) is 0 Å². The first-order valence-electron chi connectivity index (χ1n) is 8.83. The number of nitrogens with one attached hydrogen (secondary N) is 1. The second-order valence-corrected chi connectivity index (χ2v) is 8.63. The van der Waals surface area contributed by atoms with Crippen LogP contribution in [0.15, 0.2) is 30.3 Å². The first kappa shape index (κ1) is 19.7. The molecule has 1 amide bonds. The van der Waals surface area contributed by atoms with E-state index in [1.54, 1.807) is 0 Å². The highest BCUT2D eigenvalue weighted by atomic mass is 16.6. The molecule has 0 saturated carbocycles. The van der Waals surface area contributed by atoms with E-state index in [9.17, 15) is 4.79 Å². The highest BCUT2D eigenvalue weighted by Gasteiger charge is 2.45. The first-order chi connectivity index (χ1) is 11.6. The zero-order chi connectivity index (χ0) is 18.7. The van der Waals surface area contributed by atoms with Gasteiger partial charge in [-0.25, -0.2) is 4.79 Å². The van der Waals surface area contributed by atoms with Crippen LogP contribution in [-0.4, -0.2) is 36.6 Å². The normalized spacial score (nSPS) is 24.2. The van der Waals surface area contributed by atoms with E-state index in [2.05, 4.69) is 26.1 Å². The first-order valence-corrected chi connectivity index (χ1v) is 8.83. The van der Waals surface area contributed by atoms with Crippen molar-refractivity contribution in [1.82, 2.24) is 5.32 Å². The molecule has 1 heterocycles. The molecule has 25 heavy (non-hydrogen) atoms. The fourth-order valence-electron chi connectivity index (χ4n) is 2.93. The fraction of sp³-hybridized carbons (Fsp3) is 0.650. The van der Waals surface area contributed by atoms with Crippen LogP contribution in [0.3, 0.4) is 0 Å². The molecule has 1 aliphatic rings. The van der Waals surface area contributed by atoms with Crippen molar-refractivity contribution in [3.8, 4) is 0 Å². The van der Waals surface area contributed by atoms with E-state index < -0.39 is 11.7 Å². The summed E-state index contributed by atoms with van der Waals surface area (Å²) in [7, 11) is 0. The van der Waals surface area contributed by atoms with Crippen molar-refractivity contribution in [2.75, 3.05) is 6.61 Å². The van der Waals surface area contributed by atoms with Crippen molar-refractivity contribution in [2.24, 2.45) is 5.41 Å². The Hall–Kier alpha value is -1.59. The Kier molecular flexibility index (Phi) is 6.12. The van der Waals surface area contributed by atoms with Crippen molar-refractivity contribution in [1.29, 1.82) is 0 Å². The quantitative estimate of drug-likeness (QED) is 0.895. The third kappa shape index (κ3) is 6.01. The third-order valence-corrected chi connectivity index (χ3v) is 4.01. The minimum Gasteiger partial charge on any atom is -0.444 e. The van der Waals surface area contributed by atoms with Crippen LogP contribution in [0.25, 0.3) is 0 Å². The molecule has 3 atom stereocenters. The van der Waals surface area contributed by atoms with Gasteiger partial charge in [0.1, 0.15) is 11.7 Å². The molecule has 1 fully saturated rings. The number of carbonyl (C=O) groups is 1. The van der Waals surface area contributed by atoms with Crippen LogP contribution in [0.5, 0.6) is 0 Å². The predicted octanol–water partition coefficient (Wildman–Crippen LogP) is 3.91. The second-order valence-electron chi connectivity index (χ2n) is 8.63. The summed E-state index contributed by atoms with van der Waals surface area (Å²) in [6, 6.07) is 9.74. The van der Waals surface area contributed by atoms with Crippen LogP contribution in [0.2, 0.25) is 0 Å². The topological polar surface area (TPSA) is 56.8 Å². The lowest BCUT2D eigenvalue weighted by molar-refractivity contribution is 0.00893. The molecule has 0 spiro atoms. The molecule has 2 rings (SSSR count). The molecule has 1 aromatic rings. The molecule has 140 valence electrons. The van der Waals surface area contributed by atoms with E-state index in [1.807, 2.05) is 51.1 Å². The van der Waals surface area contributed by atoms with Gasteiger partial charge < -0.3 is 19.5 Å². The number of hydrogen-bond acceptors (Lipinski definition) is 4. The lowest BCUT2D eigenvalue weighted by atomic mass is 9.84. The molecule has 1 unspecified atom stereocenters. The van der Waals surface area contributed by atoms with Crippen molar-refractivity contribution >= 4 is 6.09 Å². The van der Waals surface area contributed by atoms with Crippen LogP contribution in [0, 0.1) is 5.41 Å². The molecule has 5 nitrogen and oxygen atoms in total. The van der Waals surface area contributed by atoms with Gasteiger partial charge in [-0.1, -0.05) is 51.1 Å². The number of ether oxygens (including phenoxy) is 3. The van der Waals surface area contributed by atoms with Crippen LogP contribution < -0.4 is 5.32 Å². The van der Waals surface area contributed by atoms with E-state index in [-0.39, 0.29) is 23.7 Å². The summed E-state index contributed by atoms with van der Waals surface area (Å²) in [6.07, 6.45) is -0.789. The Balaban J connectivity index is 2.05. The highest BCUT2D eigenvalue weighted by Crippen LogP contribution is 2.32. The summed E-state index contributed by atoms with van der Waals surface area (Å²) in [5.74, 6) is 0. The number of amides is 1. The Labute approximate surface area is 151 Å². The molecular weight excluding hydrogens is 318 g/mol. The van der Waals surface area contributed by atoms with Crippen LogP contribution >= 0.6 is 0 Å². The van der Waals surface area contributed by atoms with E-state index in [0.717, 1.165) is 5.56 Å². The van der Waals surface area contributed by atoms with Gasteiger partial charge in [0, 0.05) is 0 Å². The molecule has 0 aromatic heterocycles. The zero-order valence-electron chi connectivity index (χ0n) is 16.2. The summed E-state index contributed by atoms with van der Waals surface area (Å²) in [4.78, 5) is 12.3. The number of carbonyl (C=O) groups excluding carboxylic acids is 1. The van der Waals surface area contributed by atoms with Crippen LogP contribution in [0.1, 0.15) is 47.1 Å². The second kappa shape index (κ2) is 7.75. The summed E-state index contributed by atoms with van der Waals surface area (Å²) in [5, 5.41) is 2.97. The molecule has 0 radical (unpaired) electrons. The molecule has 1 N–H and O–H groups in total.